The third-order valence-corrected chi connectivity index (χ3v) is 7.10. The average Bonchev–Trinajstić information content (AvgIpc) is 3.27. The summed E-state index contributed by atoms with van der Waals surface area (Å²) in [6, 6.07) is 13.1. The number of hydrogen-bond acceptors (Lipinski definition) is 5. The molecule has 2 aromatic carbocycles. The molecule has 1 heterocycles. The summed E-state index contributed by atoms with van der Waals surface area (Å²) in [7, 11) is -3.52. The van der Waals surface area contributed by atoms with Gasteiger partial charge in [-0.05, 0) is 61.4 Å². The first-order valence-corrected chi connectivity index (χ1v) is 11.6. The van der Waals surface area contributed by atoms with Gasteiger partial charge in [-0.1, -0.05) is 13.8 Å². The van der Waals surface area contributed by atoms with Gasteiger partial charge in [0, 0.05) is 30.9 Å². The van der Waals surface area contributed by atoms with Crippen LogP contribution in [0.1, 0.15) is 37.0 Å². The first-order valence-electron chi connectivity index (χ1n) is 10.2. The Kier molecular flexibility index (Phi) is 7.47. The summed E-state index contributed by atoms with van der Waals surface area (Å²) in [5.74, 6) is 0.410. The van der Waals surface area contributed by atoms with E-state index < -0.39 is 10.0 Å². The number of amides is 1. The molecule has 2 aromatic rings. The van der Waals surface area contributed by atoms with E-state index in [1.807, 2.05) is 0 Å². The number of hydrogen-bond donors (Lipinski definition) is 1. The van der Waals surface area contributed by atoms with E-state index >= 15 is 0 Å². The van der Waals surface area contributed by atoms with E-state index in [2.05, 4.69) is 5.32 Å². The minimum Gasteiger partial charge on any atom is -0.491 e. The molecule has 30 heavy (non-hydrogen) atoms. The van der Waals surface area contributed by atoms with E-state index in [-0.39, 0.29) is 16.9 Å². The summed E-state index contributed by atoms with van der Waals surface area (Å²) < 4.78 is 37.7. The van der Waals surface area contributed by atoms with Crippen molar-refractivity contribution in [3.8, 4) is 5.75 Å². The van der Waals surface area contributed by atoms with Gasteiger partial charge in [0.2, 0.25) is 10.0 Å². The molecule has 0 spiro atoms. The summed E-state index contributed by atoms with van der Waals surface area (Å²) in [6.45, 7) is 5.71. The monoisotopic (exact) mass is 432 g/mol. The van der Waals surface area contributed by atoms with Crippen LogP contribution in [0.3, 0.4) is 0 Å². The van der Waals surface area contributed by atoms with Gasteiger partial charge in [-0.15, -0.1) is 0 Å². The topological polar surface area (TPSA) is 84.9 Å². The van der Waals surface area contributed by atoms with Gasteiger partial charge >= 0.3 is 0 Å². The second kappa shape index (κ2) is 10.1. The van der Waals surface area contributed by atoms with Gasteiger partial charge in [-0.25, -0.2) is 8.42 Å². The molecule has 0 aliphatic carbocycles. The molecular weight excluding hydrogens is 404 g/mol. The Balaban J connectivity index is 1.59. The maximum absolute atomic E-state index is 12.5. The Hall–Kier alpha value is -2.42. The highest BCUT2D eigenvalue weighted by atomic mass is 32.2. The Morgan fingerprint density at radius 1 is 1.10 bits per heavy atom. The summed E-state index contributed by atoms with van der Waals surface area (Å²) in [6.07, 6.45) is 2.21. The molecular formula is C22H28N2O5S. The lowest BCUT2D eigenvalue weighted by Crippen LogP contribution is -2.30. The van der Waals surface area contributed by atoms with Crippen LogP contribution >= 0.6 is 0 Å². The Morgan fingerprint density at radius 2 is 1.77 bits per heavy atom. The molecule has 1 saturated heterocycles. The van der Waals surface area contributed by atoms with Crippen LogP contribution in [0.2, 0.25) is 0 Å². The van der Waals surface area contributed by atoms with Crippen LogP contribution in [0.5, 0.6) is 5.75 Å². The second-order valence-corrected chi connectivity index (χ2v) is 8.98. The zero-order valence-electron chi connectivity index (χ0n) is 17.3. The van der Waals surface area contributed by atoms with Crippen molar-refractivity contribution < 1.29 is 22.7 Å². The SMILES string of the molecule is CCN(CC)S(=O)(=O)c1ccc(NC(=O)c2ccc(OC[C@H]3CCCO3)cc2)cc1. The predicted molar refractivity (Wildman–Crippen MR) is 115 cm³/mol. The molecule has 1 N–H and O–H groups in total. The summed E-state index contributed by atoms with van der Waals surface area (Å²) in [5, 5.41) is 2.78. The molecule has 1 aliphatic rings. The van der Waals surface area contributed by atoms with E-state index in [1.54, 1.807) is 50.2 Å². The third kappa shape index (κ3) is 5.38. The van der Waals surface area contributed by atoms with Crippen LogP contribution in [0.25, 0.3) is 0 Å². The molecule has 162 valence electrons. The van der Waals surface area contributed by atoms with Crippen molar-refractivity contribution >= 4 is 21.6 Å². The fourth-order valence-electron chi connectivity index (χ4n) is 3.29. The Morgan fingerprint density at radius 3 is 2.33 bits per heavy atom. The van der Waals surface area contributed by atoms with Crippen molar-refractivity contribution in [3.05, 3.63) is 54.1 Å². The first kappa shape index (κ1) is 22.3. The van der Waals surface area contributed by atoms with Gasteiger partial charge in [-0.3, -0.25) is 4.79 Å². The molecule has 1 atom stereocenters. The zero-order chi connectivity index (χ0) is 21.6. The van der Waals surface area contributed by atoms with E-state index in [0.717, 1.165) is 19.4 Å². The van der Waals surface area contributed by atoms with Crippen LogP contribution in [0.15, 0.2) is 53.4 Å². The molecule has 0 bridgehead atoms. The molecule has 8 heteroatoms. The quantitative estimate of drug-likeness (QED) is 0.655. The minimum absolute atomic E-state index is 0.140. The first-order chi connectivity index (χ1) is 14.4. The van der Waals surface area contributed by atoms with Crippen molar-refractivity contribution in [2.45, 2.75) is 37.7 Å². The number of rotatable bonds is 9. The van der Waals surface area contributed by atoms with Gasteiger partial charge in [0.05, 0.1) is 11.0 Å². The number of anilines is 1. The molecule has 1 fully saturated rings. The average molecular weight is 433 g/mol. The second-order valence-electron chi connectivity index (χ2n) is 7.04. The normalized spacial score (nSPS) is 16.6. The number of nitrogens with one attached hydrogen (secondary N) is 1. The molecule has 0 saturated carbocycles. The highest BCUT2D eigenvalue weighted by molar-refractivity contribution is 7.89. The standard InChI is InChI=1S/C22H28N2O5S/c1-3-24(4-2)30(26,27)21-13-9-18(10-14-21)23-22(25)17-7-11-19(12-8-17)29-16-20-6-5-15-28-20/h7-14,20H,3-6,15-16H2,1-2H3,(H,23,25)/t20-/m1/s1. The van der Waals surface area contributed by atoms with Crippen molar-refractivity contribution in [2.75, 3.05) is 31.6 Å². The highest BCUT2D eigenvalue weighted by Gasteiger charge is 2.21. The summed E-state index contributed by atoms with van der Waals surface area (Å²) >= 11 is 0. The predicted octanol–water partition coefficient (Wildman–Crippen LogP) is 3.53. The number of ether oxygens (including phenoxy) is 2. The lowest BCUT2D eigenvalue weighted by Gasteiger charge is -2.18. The molecule has 0 aromatic heterocycles. The molecule has 1 amide bonds. The van der Waals surface area contributed by atoms with Crippen molar-refractivity contribution in [1.29, 1.82) is 0 Å². The van der Waals surface area contributed by atoms with Gasteiger partial charge in [0.25, 0.3) is 5.91 Å². The van der Waals surface area contributed by atoms with Crippen LogP contribution in [0, 0.1) is 0 Å². The van der Waals surface area contributed by atoms with Gasteiger partial charge in [0.15, 0.2) is 0 Å². The number of sulfonamides is 1. The molecule has 1 aliphatic heterocycles. The van der Waals surface area contributed by atoms with Gasteiger partial charge < -0.3 is 14.8 Å². The van der Waals surface area contributed by atoms with E-state index in [4.69, 9.17) is 9.47 Å². The van der Waals surface area contributed by atoms with Gasteiger partial charge in [0.1, 0.15) is 12.4 Å². The lowest BCUT2D eigenvalue weighted by atomic mass is 10.2. The molecule has 0 radical (unpaired) electrons. The highest BCUT2D eigenvalue weighted by Crippen LogP contribution is 2.20. The fourth-order valence-corrected chi connectivity index (χ4v) is 4.75. The summed E-state index contributed by atoms with van der Waals surface area (Å²) in [4.78, 5) is 12.7. The fraction of sp³-hybridized carbons (Fsp3) is 0.409. The molecule has 7 nitrogen and oxygen atoms in total. The number of nitrogens with zero attached hydrogens (tertiary/aromatic N) is 1. The Labute approximate surface area is 178 Å². The van der Waals surface area contributed by atoms with Crippen molar-refractivity contribution in [3.63, 3.8) is 0 Å². The van der Waals surface area contributed by atoms with Gasteiger partial charge in [-0.2, -0.15) is 4.31 Å². The van der Waals surface area contributed by atoms with Crippen molar-refractivity contribution in [1.82, 2.24) is 4.31 Å². The number of benzene rings is 2. The lowest BCUT2D eigenvalue weighted by molar-refractivity contribution is 0.0679. The minimum atomic E-state index is -3.52. The molecule has 3 rings (SSSR count). The van der Waals surface area contributed by atoms with Crippen LogP contribution in [-0.2, 0) is 14.8 Å². The van der Waals surface area contributed by atoms with E-state index in [0.29, 0.717) is 36.7 Å². The zero-order valence-corrected chi connectivity index (χ0v) is 18.2. The number of carbonyl (C=O) groups excluding carboxylic acids is 1. The maximum Gasteiger partial charge on any atom is 0.255 e. The largest absolute Gasteiger partial charge is 0.491 e. The smallest absolute Gasteiger partial charge is 0.255 e. The van der Waals surface area contributed by atoms with Crippen LogP contribution < -0.4 is 10.1 Å². The van der Waals surface area contributed by atoms with E-state index in [9.17, 15) is 13.2 Å². The third-order valence-electron chi connectivity index (χ3n) is 5.03. The number of carbonyl (C=O) groups is 1. The van der Waals surface area contributed by atoms with Crippen LogP contribution in [-0.4, -0.2) is 51.0 Å². The maximum atomic E-state index is 12.5. The van der Waals surface area contributed by atoms with E-state index in [1.165, 1.54) is 16.4 Å². The Bertz CT molecular complexity index is 932. The molecule has 0 unspecified atom stereocenters. The van der Waals surface area contributed by atoms with Crippen LogP contribution in [0.4, 0.5) is 5.69 Å². The van der Waals surface area contributed by atoms with Crippen molar-refractivity contribution in [2.24, 2.45) is 0 Å². The summed E-state index contributed by atoms with van der Waals surface area (Å²) in [5.41, 5.74) is 1.01.